The summed E-state index contributed by atoms with van der Waals surface area (Å²) in [6.45, 7) is -0.111. The summed E-state index contributed by atoms with van der Waals surface area (Å²) in [6, 6.07) is 9.61. The number of hydrogen-bond donors (Lipinski definition) is 2. The van der Waals surface area contributed by atoms with Gasteiger partial charge in [-0.25, -0.2) is 4.68 Å². The number of benzene rings is 1. The first-order valence-electron chi connectivity index (χ1n) is 4.81. The molecule has 16 heavy (non-hydrogen) atoms. The minimum absolute atomic E-state index is 0.111. The van der Waals surface area contributed by atoms with Gasteiger partial charge in [-0.15, -0.1) is 0 Å². The minimum atomic E-state index is -0.896. The molecule has 5 heteroatoms. The van der Waals surface area contributed by atoms with E-state index >= 15 is 0 Å². The molecule has 0 bridgehead atoms. The summed E-state index contributed by atoms with van der Waals surface area (Å²) in [5.41, 5.74) is 1.62. The molecule has 1 aromatic carbocycles. The maximum atomic E-state index is 10.4. The molecule has 0 fully saturated rings. The third-order valence-corrected chi connectivity index (χ3v) is 2.05. The Hall–Kier alpha value is -2.30. The van der Waals surface area contributed by atoms with Crippen molar-refractivity contribution < 1.29 is 9.90 Å². The van der Waals surface area contributed by atoms with Gasteiger partial charge in [-0.2, -0.15) is 5.10 Å². The zero-order valence-corrected chi connectivity index (χ0v) is 8.50. The molecule has 0 spiro atoms. The van der Waals surface area contributed by atoms with Gasteiger partial charge in [-0.3, -0.25) is 4.79 Å². The van der Waals surface area contributed by atoms with Gasteiger partial charge in [-0.05, 0) is 12.1 Å². The minimum Gasteiger partial charge on any atom is -0.480 e. The third-order valence-electron chi connectivity index (χ3n) is 2.05. The van der Waals surface area contributed by atoms with E-state index in [1.807, 2.05) is 30.3 Å². The lowest BCUT2D eigenvalue weighted by Crippen LogP contribution is -2.11. The van der Waals surface area contributed by atoms with Gasteiger partial charge in [-0.1, -0.05) is 18.2 Å². The van der Waals surface area contributed by atoms with E-state index in [0.29, 0.717) is 5.69 Å². The Morgan fingerprint density at radius 2 is 2.12 bits per heavy atom. The Bertz CT molecular complexity index is 479. The van der Waals surface area contributed by atoms with Crippen molar-refractivity contribution in [3.8, 4) is 5.69 Å². The second kappa shape index (κ2) is 4.48. The van der Waals surface area contributed by atoms with Crippen LogP contribution in [0.1, 0.15) is 0 Å². The average Bonchev–Trinajstić information content (AvgIpc) is 2.76. The van der Waals surface area contributed by atoms with Crippen LogP contribution in [0.2, 0.25) is 0 Å². The lowest BCUT2D eigenvalue weighted by atomic mass is 10.3. The van der Waals surface area contributed by atoms with Crippen molar-refractivity contribution in [1.82, 2.24) is 9.78 Å². The highest BCUT2D eigenvalue weighted by molar-refractivity contribution is 5.72. The predicted molar refractivity (Wildman–Crippen MR) is 59.7 cm³/mol. The van der Waals surface area contributed by atoms with Crippen LogP contribution in [0.4, 0.5) is 5.69 Å². The van der Waals surface area contributed by atoms with E-state index < -0.39 is 5.97 Å². The van der Waals surface area contributed by atoms with Crippen LogP contribution in [0, 0.1) is 0 Å². The van der Waals surface area contributed by atoms with Gasteiger partial charge in [0.05, 0.1) is 23.8 Å². The number of hydrogen-bond acceptors (Lipinski definition) is 3. The van der Waals surface area contributed by atoms with E-state index in [1.54, 1.807) is 17.1 Å². The molecule has 0 aliphatic heterocycles. The second-order valence-corrected chi connectivity index (χ2v) is 3.26. The zero-order valence-electron chi connectivity index (χ0n) is 8.50. The standard InChI is InChI=1S/C11H11N3O2/c15-11(16)7-12-9-6-13-14(8-9)10-4-2-1-3-5-10/h1-6,8,12H,7H2,(H,15,16). The maximum Gasteiger partial charge on any atom is 0.322 e. The molecule has 0 atom stereocenters. The first-order valence-corrected chi connectivity index (χ1v) is 4.81. The van der Waals surface area contributed by atoms with E-state index in [9.17, 15) is 4.79 Å². The lowest BCUT2D eigenvalue weighted by Gasteiger charge is -1.99. The molecule has 0 unspecified atom stereocenters. The van der Waals surface area contributed by atoms with Crippen molar-refractivity contribution in [2.24, 2.45) is 0 Å². The van der Waals surface area contributed by atoms with Crippen LogP contribution in [-0.2, 0) is 4.79 Å². The van der Waals surface area contributed by atoms with Gasteiger partial charge in [0, 0.05) is 0 Å². The van der Waals surface area contributed by atoms with Gasteiger partial charge in [0.2, 0.25) is 0 Å². The monoisotopic (exact) mass is 217 g/mol. The molecule has 2 N–H and O–H groups in total. The number of anilines is 1. The highest BCUT2D eigenvalue weighted by Gasteiger charge is 2.01. The number of aliphatic carboxylic acids is 1. The van der Waals surface area contributed by atoms with Crippen molar-refractivity contribution in [2.75, 3.05) is 11.9 Å². The number of aromatic nitrogens is 2. The zero-order chi connectivity index (χ0) is 11.4. The number of carboxylic acids is 1. The van der Waals surface area contributed by atoms with Crippen LogP contribution in [0.15, 0.2) is 42.7 Å². The molecule has 2 aromatic rings. The summed E-state index contributed by atoms with van der Waals surface area (Å²) in [7, 11) is 0. The van der Waals surface area contributed by atoms with Crippen molar-refractivity contribution in [3.63, 3.8) is 0 Å². The highest BCUT2D eigenvalue weighted by atomic mass is 16.4. The molecule has 0 amide bonds. The Morgan fingerprint density at radius 1 is 1.38 bits per heavy atom. The van der Waals surface area contributed by atoms with Gasteiger partial charge in [0.25, 0.3) is 0 Å². The molecular formula is C11H11N3O2. The van der Waals surface area contributed by atoms with Gasteiger partial charge in [0.15, 0.2) is 0 Å². The molecule has 2 rings (SSSR count). The maximum absolute atomic E-state index is 10.4. The van der Waals surface area contributed by atoms with Crippen LogP contribution < -0.4 is 5.32 Å². The number of carboxylic acid groups (broad SMARTS) is 1. The number of nitrogens with zero attached hydrogens (tertiary/aromatic N) is 2. The molecule has 0 saturated carbocycles. The van der Waals surface area contributed by atoms with E-state index in [-0.39, 0.29) is 6.54 Å². The summed E-state index contributed by atoms with van der Waals surface area (Å²) in [6.07, 6.45) is 3.34. The highest BCUT2D eigenvalue weighted by Crippen LogP contribution is 2.10. The predicted octanol–water partition coefficient (Wildman–Crippen LogP) is 1.37. The first-order chi connectivity index (χ1) is 7.75. The molecule has 0 saturated heterocycles. The summed E-state index contributed by atoms with van der Waals surface area (Å²) in [4.78, 5) is 10.4. The van der Waals surface area contributed by atoms with Crippen LogP contribution in [0.3, 0.4) is 0 Å². The molecule has 5 nitrogen and oxygen atoms in total. The average molecular weight is 217 g/mol. The number of nitrogens with one attached hydrogen (secondary N) is 1. The summed E-state index contributed by atoms with van der Waals surface area (Å²) in [5, 5.41) is 15.4. The lowest BCUT2D eigenvalue weighted by molar-refractivity contribution is -0.134. The van der Waals surface area contributed by atoms with Crippen LogP contribution in [0.5, 0.6) is 0 Å². The fourth-order valence-corrected chi connectivity index (χ4v) is 1.31. The molecule has 0 aliphatic rings. The Balaban J connectivity index is 2.11. The van der Waals surface area contributed by atoms with Crippen molar-refractivity contribution in [1.29, 1.82) is 0 Å². The smallest absolute Gasteiger partial charge is 0.322 e. The molecule has 82 valence electrons. The summed E-state index contributed by atoms with van der Waals surface area (Å²) in [5.74, 6) is -0.896. The SMILES string of the molecule is O=C(O)CNc1cnn(-c2ccccc2)c1. The quantitative estimate of drug-likeness (QED) is 0.811. The summed E-state index contributed by atoms with van der Waals surface area (Å²) >= 11 is 0. The van der Waals surface area contributed by atoms with Crippen LogP contribution in [-0.4, -0.2) is 27.4 Å². The van der Waals surface area contributed by atoms with E-state index in [0.717, 1.165) is 5.69 Å². The van der Waals surface area contributed by atoms with E-state index in [4.69, 9.17) is 5.11 Å². The Morgan fingerprint density at radius 3 is 2.81 bits per heavy atom. The molecular weight excluding hydrogens is 206 g/mol. The van der Waals surface area contributed by atoms with E-state index in [1.165, 1.54) is 0 Å². The van der Waals surface area contributed by atoms with E-state index in [2.05, 4.69) is 10.4 Å². The molecule has 0 radical (unpaired) electrons. The molecule has 0 aliphatic carbocycles. The van der Waals surface area contributed by atoms with Crippen LogP contribution >= 0.6 is 0 Å². The largest absolute Gasteiger partial charge is 0.480 e. The van der Waals surface area contributed by atoms with Crippen molar-refractivity contribution >= 4 is 11.7 Å². The molecule has 1 aromatic heterocycles. The number of carbonyl (C=O) groups is 1. The van der Waals surface area contributed by atoms with Gasteiger partial charge < -0.3 is 10.4 Å². The fraction of sp³-hybridized carbons (Fsp3) is 0.0909. The molecule has 1 heterocycles. The number of rotatable bonds is 4. The van der Waals surface area contributed by atoms with Gasteiger partial charge in [0.1, 0.15) is 6.54 Å². The Kier molecular flexibility index (Phi) is 2.86. The summed E-state index contributed by atoms with van der Waals surface area (Å²) < 4.78 is 1.68. The fourth-order valence-electron chi connectivity index (χ4n) is 1.31. The van der Waals surface area contributed by atoms with Crippen molar-refractivity contribution in [3.05, 3.63) is 42.7 Å². The normalized spacial score (nSPS) is 10.0. The topological polar surface area (TPSA) is 67.2 Å². The first kappa shape index (κ1) is 10.2. The number of para-hydroxylation sites is 1. The third kappa shape index (κ3) is 2.38. The second-order valence-electron chi connectivity index (χ2n) is 3.26. The van der Waals surface area contributed by atoms with Crippen molar-refractivity contribution in [2.45, 2.75) is 0 Å². The van der Waals surface area contributed by atoms with Gasteiger partial charge >= 0.3 is 5.97 Å². The van der Waals surface area contributed by atoms with Crippen LogP contribution in [0.25, 0.3) is 5.69 Å². The Labute approximate surface area is 92.3 Å².